The monoisotopic (exact) mass is 530 g/mol. The Hall–Kier alpha value is -2.62. The first-order valence-corrected chi connectivity index (χ1v) is 15.6. The van der Waals surface area contributed by atoms with Gasteiger partial charge in [0.25, 0.3) is 0 Å². The predicted molar refractivity (Wildman–Crippen MR) is 144 cm³/mol. The zero-order chi connectivity index (χ0) is 25.9. The third-order valence-electron chi connectivity index (χ3n) is 7.07. The number of likely N-dealkylation sites (tertiary alicyclic amines) is 1. The van der Waals surface area contributed by atoms with Gasteiger partial charge >= 0.3 is 0 Å². The van der Waals surface area contributed by atoms with Crippen molar-refractivity contribution in [2.45, 2.75) is 51.9 Å². The minimum atomic E-state index is -1.83. The summed E-state index contributed by atoms with van der Waals surface area (Å²) in [6.45, 7) is 13.9. The number of furan rings is 1. The van der Waals surface area contributed by atoms with Gasteiger partial charge in [0.05, 0.1) is 26.0 Å². The van der Waals surface area contributed by atoms with Gasteiger partial charge in [0.1, 0.15) is 22.8 Å². The molecule has 3 aromatic rings. The molecule has 3 heterocycles. The van der Waals surface area contributed by atoms with Crippen LogP contribution in [0.5, 0.6) is 5.75 Å². The highest BCUT2D eigenvalue weighted by Crippen LogP contribution is 2.36. The van der Waals surface area contributed by atoms with Crippen LogP contribution in [0.4, 0.5) is 5.82 Å². The Balaban J connectivity index is 1.36. The van der Waals surface area contributed by atoms with Crippen molar-refractivity contribution >= 4 is 42.5 Å². The molecule has 4 rings (SSSR count). The Bertz CT molecular complexity index is 1200. The Labute approximate surface area is 218 Å². The van der Waals surface area contributed by atoms with Crippen LogP contribution >= 0.6 is 11.6 Å². The molecule has 1 N–H and O–H groups in total. The first kappa shape index (κ1) is 26.4. The lowest BCUT2D eigenvalue weighted by atomic mass is 10.1. The summed E-state index contributed by atoms with van der Waals surface area (Å²) < 4.78 is 17.8. The summed E-state index contributed by atoms with van der Waals surface area (Å²) in [7, 11) is -1.83. The van der Waals surface area contributed by atoms with E-state index in [2.05, 4.69) is 49.1 Å². The van der Waals surface area contributed by atoms with Crippen LogP contribution in [0.2, 0.25) is 23.4 Å². The second kappa shape index (κ2) is 10.8. The summed E-state index contributed by atoms with van der Waals surface area (Å²) in [5.41, 5.74) is 0.628. The van der Waals surface area contributed by atoms with E-state index in [1.807, 2.05) is 35.2 Å². The van der Waals surface area contributed by atoms with Crippen molar-refractivity contribution in [3.8, 4) is 5.75 Å². The molecule has 8 nitrogen and oxygen atoms in total. The van der Waals surface area contributed by atoms with E-state index in [1.54, 1.807) is 6.26 Å². The Kier molecular flexibility index (Phi) is 7.92. The van der Waals surface area contributed by atoms with E-state index in [-0.39, 0.29) is 22.1 Å². The van der Waals surface area contributed by atoms with Crippen LogP contribution < -0.4 is 10.1 Å². The zero-order valence-corrected chi connectivity index (χ0v) is 23.4. The molecule has 1 amide bonds. The SMILES string of the molecule is CC(C)(C)[Si](C)(C)OCCN1CC(COc2cccc3c(NCc4ccco4)nc(Cl)nc23)CC1=O. The number of rotatable bonds is 10. The van der Waals surface area contributed by atoms with Gasteiger partial charge < -0.3 is 23.8 Å². The molecule has 0 aliphatic carbocycles. The van der Waals surface area contributed by atoms with Crippen molar-refractivity contribution in [3.05, 3.63) is 47.6 Å². The molecule has 1 aliphatic heterocycles. The van der Waals surface area contributed by atoms with Gasteiger partial charge in [0.15, 0.2) is 8.32 Å². The maximum Gasteiger partial charge on any atom is 0.225 e. The molecule has 0 spiro atoms. The number of nitrogens with zero attached hydrogens (tertiary/aromatic N) is 3. The molecule has 1 aliphatic rings. The second-order valence-corrected chi connectivity index (χ2v) is 15.9. The van der Waals surface area contributed by atoms with Gasteiger partial charge in [0.2, 0.25) is 11.2 Å². The summed E-state index contributed by atoms with van der Waals surface area (Å²) in [5.74, 6) is 2.26. The average molecular weight is 531 g/mol. The number of para-hydroxylation sites is 1. The highest BCUT2D eigenvalue weighted by molar-refractivity contribution is 6.74. The maximum atomic E-state index is 12.6. The van der Waals surface area contributed by atoms with Gasteiger partial charge in [0, 0.05) is 30.8 Å². The van der Waals surface area contributed by atoms with Crippen LogP contribution in [0.15, 0.2) is 41.0 Å². The van der Waals surface area contributed by atoms with Gasteiger partial charge in [-0.05, 0) is 54.0 Å². The van der Waals surface area contributed by atoms with Crippen molar-refractivity contribution in [2.75, 3.05) is 31.6 Å². The first-order chi connectivity index (χ1) is 17.0. The second-order valence-electron chi connectivity index (χ2n) is 10.8. The summed E-state index contributed by atoms with van der Waals surface area (Å²) in [6.07, 6.45) is 2.10. The van der Waals surface area contributed by atoms with E-state index in [1.165, 1.54) is 0 Å². The zero-order valence-electron chi connectivity index (χ0n) is 21.6. The molecule has 10 heteroatoms. The molecule has 0 bridgehead atoms. The third-order valence-corrected chi connectivity index (χ3v) is 11.8. The number of nitrogens with one attached hydrogen (secondary N) is 1. The van der Waals surface area contributed by atoms with Crippen LogP contribution in [0, 0.1) is 5.92 Å². The fourth-order valence-electron chi connectivity index (χ4n) is 3.95. The number of carbonyl (C=O) groups is 1. The normalized spacial score (nSPS) is 16.7. The van der Waals surface area contributed by atoms with Crippen LogP contribution in [0.25, 0.3) is 10.9 Å². The number of ether oxygens (including phenoxy) is 1. The van der Waals surface area contributed by atoms with Crippen molar-refractivity contribution in [1.82, 2.24) is 14.9 Å². The number of anilines is 1. The minimum absolute atomic E-state index is 0.106. The van der Waals surface area contributed by atoms with Crippen LogP contribution in [-0.4, -0.2) is 55.4 Å². The number of hydrogen-bond donors (Lipinski definition) is 1. The lowest BCUT2D eigenvalue weighted by Gasteiger charge is -2.36. The quantitative estimate of drug-likeness (QED) is 0.264. The van der Waals surface area contributed by atoms with Gasteiger partial charge in [-0.15, -0.1) is 0 Å². The molecule has 0 radical (unpaired) electrons. The molecule has 1 saturated heterocycles. The molecule has 1 atom stereocenters. The van der Waals surface area contributed by atoms with Gasteiger partial charge in [-0.25, -0.2) is 9.97 Å². The molecule has 194 valence electrons. The summed E-state index contributed by atoms with van der Waals surface area (Å²) in [6, 6.07) is 9.41. The van der Waals surface area contributed by atoms with Crippen molar-refractivity contribution in [2.24, 2.45) is 5.92 Å². The molecule has 1 fully saturated rings. The Morgan fingerprint density at radius 1 is 1.22 bits per heavy atom. The van der Waals surface area contributed by atoms with Gasteiger partial charge in [-0.1, -0.05) is 26.8 Å². The highest BCUT2D eigenvalue weighted by Gasteiger charge is 2.37. The topological polar surface area (TPSA) is 89.7 Å². The number of amides is 1. The van der Waals surface area contributed by atoms with Crippen molar-refractivity contribution in [3.63, 3.8) is 0 Å². The van der Waals surface area contributed by atoms with Crippen molar-refractivity contribution in [1.29, 1.82) is 0 Å². The molecule has 1 aromatic carbocycles. The maximum absolute atomic E-state index is 12.6. The fourth-order valence-corrected chi connectivity index (χ4v) is 5.15. The lowest BCUT2D eigenvalue weighted by Crippen LogP contribution is -2.43. The molecular weight excluding hydrogens is 496 g/mol. The number of hydrogen-bond acceptors (Lipinski definition) is 7. The third kappa shape index (κ3) is 6.19. The van der Waals surface area contributed by atoms with Gasteiger partial charge in [-0.3, -0.25) is 4.79 Å². The van der Waals surface area contributed by atoms with E-state index in [4.69, 9.17) is 25.2 Å². The predicted octanol–water partition coefficient (Wildman–Crippen LogP) is 5.74. The molecule has 2 aromatic heterocycles. The highest BCUT2D eigenvalue weighted by atomic mass is 35.5. The standard InChI is InChI=1S/C26H35ClN4O4Si/c1-26(2,3)36(4,5)35-13-11-31-16-18(14-22(31)32)17-34-21-10-6-9-20-23(21)29-25(27)30-24(20)28-15-19-8-7-12-33-19/h6-10,12,18H,11,13-17H2,1-5H3,(H,28,29,30). The lowest BCUT2D eigenvalue weighted by molar-refractivity contribution is -0.128. The number of halogens is 1. The number of benzene rings is 1. The molecule has 0 saturated carbocycles. The average Bonchev–Trinajstić information content (AvgIpc) is 3.45. The molecule has 1 unspecified atom stereocenters. The summed E-state index contributed by atoms with van der Waals surface area (Å²) >= 11 is 6.23. The summed E-state index contributed by atoms with van der Waals surface area (Å²) in [5, 5.41) is 4.34. The van der Waals surface area contributed by atoms with Crippen LogP contribution in [0.1, 0.15) is 33.0 Å². The number of carbonyl (C=O) groups excluding carboxylic acids is 1. The minimum Gasteiger partial charge on any atom is -0.491 e. The van der Waals surface area contributed by atoms with Gasteiger partial charge in [-0.2, -0.15) is 0 Å². The number of fused-ring (bicyclic) bond motifs is 1. The van der Waals surface area contributed by atoms with E-state index < -0.39 is 8.32 Å². The van der Waals surface area contributed by atoms with E-state index in [0.717, 1.165) is 11.1 Å². The number of aromatic nitrogens is 2. The molecular formula is C26H35ClN4O4Si. The van der Waals surface area contributed by atoms with Crippen LogP contribution in [0.3, 0.4) is 0 Å². The van der Waals surface area contributed by atoms with Crippen molar-refractivity contribution < 1.29 is 18.4 Å². The molecule has 36 heavy (non-hydrogen) atoms. The van der Waals surface area contributed by atoms with E-state index >= 15 is 0 Å². The summed E-state index contributed by atoms with van der Waals surface area (Å²) in [4.78, 5) is 23.2. The first-order valence-electron chi connectivity index (χ1n) is 12.3. The smallest absolute Gasteiger partial charge is 0.225 e. The van der Waals surface area contributed by atoms with E-state index in [0.29, 0.717) is 56.4 Å². The van der Waals surface area contributed by atoms with E-state index in [9.17, 15) is 4.79 Å². The largest absolute Gasteiger partial charge is 0.491 e. The Morgan fingerprint density at radius 3 is 2.75 bits per heavy atom. The van der Waals surface area contributed by atoms with Crippen LogP contribution in [-0.2, 0) is 15.8 Å². The fraction of sp³-hybridized carbons (Fsp3) is 0.500. The Morgan fingerprint density at radius 2 is 2.03 bits per heavy atom.